The summed E-state index contributed by atoms with van der Waals surface area (Å²) in [5.41, 5.74) is 1.15. The Morgan fingerprint density at radius 2 is 1.90 bits per heavy atom. The van der Waals surface area contributed by atoms with Gasteiger partial charge in [0.2, 0.25) is 0 Å². The van der Waals surface area contributed by atoms with Crippen molar-refractivity contribution in [1.82, 2.24) is 4.98 Å². The maximum absolute atomic E-state index is 14.1. The molecule has 1 aromatic heterocycles. The number of alkyl halides is 1. The topological polar surface area (TPSA) is 16.1 Å². The number of aromatic nitrogens is 1. The SMILES string of the molecule is CCN(Cc1ccccn1)c1c(F)cc(CCl)cc1F. The number of rotatable bonds is 5. The van der Waals surface area contributed by atoms with Gasteiger partial charge in [0.05, 0.1) is 12.2 Å². The number of pyridine rings is 1. The van der Waals surface area contributed by atoms with Crippen molar-refractivity contribution in [2.24, 2.45) is 0 Å². The molecule has 0 aliphatic rings. The van der Waals surface area contributed by atoms with Crippen molar-refractivity contribution in [3.8, 4) is 0 Å². The van der Waals surface area contributed by atoms with Crippen LogP contribution in [-0.4, -0.2) is 11.5 Å². The van der Waals surface area contributed by atoms with Crippen molar-refractivity contribution in [3.05, 3.63) is 59.4 Å². The van der Waals surface area contributed by atoms with E-state index in [0.29, 0.717) is 18.7 Å². The van der Waals surface area contributed by atoms with Gasteiger partial charge in [-0.2, -0.15) is 0 Å². The maximum Gasteiger partial charge on any atom is 0.149 e. The molecule has 0 spiro atoms. The summed E-state index contributed by atoms with van der Waals surface area (Å²) in [6, 6.07) is 8.01. The van der Waals surface area contributed by atoms with E-state index < -0.39 is 11.6 Å². The Balaban J connectivity index is 2.32. The van der Waals surface area contributed by atoms with E-state index in [2.05, 4.69) is 4.98 Å². The van der Waals surface area contributed by atoms with E-state index in [1.807, 2.05) is 19.1 Å². The van der Waals surface area contributed by atoms with E-state index in [9.17, 15) is 8.78 Å². The molecule has 0 atom stereocenters. The highest BCUT2D eigenvalue weighted by Crippen LogP contribution is 2.26. The van der Waals surface area contributed by atoms with Gasteiger partial charge in [0, 0.05) is 18.6 Å². The summed E-state index contributed by atoms with van der Waals surface area (Å²) in [4.78, 5) is 5.79. The first-order chi connectivity index (χ1) is 9.65. The molecule has 0 aliphatic carbocycles. The fourth-order valence-electron chi connectivity index (χ4n) is 2.03. The molecule has 5 heteroatoms. The van der Waals surface area contributed by atoms with Gasteiger partial charge in [-0.1, -0.05) is 6.07 Å². The van der Waals surface area contributed by atoms with Crippen LogP contribution in [0.1, 0.15) is 18.2 Å². The van der Waals surface area contributed by atoms with Gasteiger partial charge in [0.25, 0.3) is 0 Å². The van der Waals surface area contributed by atoms with E-state index in [-0.39, 0.29) is 11.6 Å². The van der Waals surface area contributed by atoms with Crippen LogP contribution >= 0.6 is 11.6 Å². The van der Waals surface area contributed by atoms with Crippen LogP contribution in [0.15, 0.2) is 36.5 Å². The first kappa shape index (κ1) is 14.7. The average molecular weight is 297 g/mol. The van der Waals surface area contributed by atoms with Crippen LogP contribution in [0.5, 0.6) is 0 Å². The summed E-state index contributed by atoms with van der Waals surface area (Å²) in [5.74, 6) is -1.11. The van der Waals surface area contributed by atoms with E-state index in [1.54, 1.807) is 17.2 Å². The molecule has 2 nitrogen and oxygen atoms in total. The normalized spacial score (nSPS) is 10.6. The number of nitrogens with zero attached hydrogens (tertiary/aromatic N) is 2. The highest BCUT2D eigenvalue weighted by atomic mass is 35.5. The third kappa shape index (κ3) is 3.25. The summed E-state index contributed by atoms with van der Waals surface area (Å²) in [6.45, 7) is 2.67. The first-order valence-corrected chi connectivity index (χ1v) is 6.88. The Hall–Kier alpha value is -1.68. The lowest BCUT2D eigenvalue weighted by Gasteiger charge is -2.24. The molecular weight excluding hydrogens is 282 g/mol. The molecule has 20 heavy (non-hydrogen) atoms. The van der Waals surface area contributed by atoms with Gasteiger partial charge in [-0.3, -0.25) is 4.98 Å². The number of hydrogen-bond acceptors (Lipinski definition) is 2. The zero-order valence-electron chi connectivity index (χ0n) is 11.1. The van der Waals surface area contributed by atoms with Crippen molar-refractivity contribution >= 4 is 17.3 Å². The molecule has 0 fully saturated rings. The average Bonchev–Trinajstić information content (AvgIpc) is 2.46. The predicted molar refractivity (Wildman–Crippen MR) is 76.9 cm³/mol. The Morgan fingerprint density at radius 1 is 1.20 bits per heavy atom. The Bertz CT molecular complexity index is 552. The Morgan fingerprint density at radius 3 is 2.40 bits per heavy atom. The largest absolute Gasteiger partial charge is 0.361 e. The van der Waals surface area contributed by atoms with Crippen molar-refractivity contribution < 1.29 is 8.78 Å². The Labute approximate surface area is 122 Å². The predicted octanol–water partition coefficient (Wildman–Crippen LogP) is 4.13. The van der Waals surface area contributed by atoms with Crippen molar-refractivity contribution in [1.29, 1.82) is 0 Å². The standard InChI is InChI=1S/C15H15ClF2N2/c1-2-20(10-12-5-3-4-6-19-12)15-13(17)7-11(9-16)8-14(15)18/h3-8H,2,9-10H2,1H3. The molecule has 0 amide bonds. The lowest BCUT2D eigenvalue weighted by Crippen LogP contribution is -2.25. The fourth-order valence-corrected chi connectivity index (χ4v) is 2.19. The fraction of sp³-hybridized carbons (Fsp3) is 0.267. The van der Waals surface area contributed by atoms with E-state index >= 15 is 0 Å². The van der Waals surface area contributed by atoms with E-state index in [4.69, 9.17) is 11.6 Å². The summed E-state index contributed by atoms with van der Waals surface area (Å²) < 4.78 is 28.2. The second kappa shape index (κ2) is 6.66. The lowest BCUT2D eigenvalue weighted by molar-refractivity contribution is 0.568. The van der Waals surface area contributed by atoms with Crippen LogP contribution in [0, 0.1) is 11.6 Å². The minimum Gasteiger partial charge on any atom is -0.361 e. The van der Waals surface area contributed by atoms with Gasteiger partial charge in [0.15, 0.2) is 0 Å². The van der Waals surface area contributed by atoms with E-state index in [1.165, 1.54) is 12.1 Å². The Kier molecular flexibility index (Phi) is 4.90. The van der Waals surface area contributed by atoms with Crippen LogP contribution in [0.25, 0.3) is 0 Å². The summed E-state index contributed by atoms with van der Waals surface area (Å²) in [6.07, 6.45) is 1.66. The molecule has 2 rings (SSSR count). The molecule has 0 aliphatic heterocycles. The minimum absolute atomic E-state index is 0.0352. The van der Waals surface area contributed by atoms with Crippen molar-refractivity contribution in [2.75, 3.05) is 11.4 Å². The summed E-state index contributed by atoms with van der Waals surface area (Å²) >= 11 is 5.61. The van der Waals surface area contributed by atoms with Crippen molar-refractivity contribution in [3.63, 3.8) is 0 Å². The third-order valence-electron chi connectivity index (χ3n) is 3.01. The van der Waals surface area contributed by atoms with Crippen LogP contribution < -0.4 is 4.90 Å². The number of hydrogen-bond donors (Lipinski definition) is 0. The molecule has 0 bridgehead atoms. The number of halogens is 3. The molecule has 1 aromatic carbocycles. The van der Waals surface area contributed by atoms with Gasteiger partial charge >= 0.3 is 0 Å². The zero-order valence-corrected chi connectivity index (χ0v) is 11.9. The lowest BCUT2D eigenvalue weighted by atomic mass is 10.2. The van der Waals surface area contributed by atoms with Crippen LogP contribution in [0.4, 0.5) is 14.5 Å². The second-order valence-corrected chi connectivity index (χ2v) is 4.64. The van der Waals surface area contributed by atoms with Gasteiger partial charge in [0.1, 0.15) is 17.3 Å². The summed E-state index contributed by atoms with van der Waals surface area (Å²) in [7, 11) is 0. The van der Waals surface area contributed by atoms with Gasteiger partial charge < -0.3 is 4.90 Å². The molecule has 106 valence electrons. The molecule has 0 N–H and O–H groups in total. The minimum atomic E-state index is -0.599. The monoisotopic (exact) mass is 296 g/mol. The highest BCUT2D eigenvalue weighted by molar-refractivity contribution is 6.17. The smallest absolute Gasteiger partial charge is 0.149 e. The van der Waals surface area contributed by atoms with Gasteiger partial charge in [-0.15, -0.1) is 11.6 Å². The quantitative estimate of drug-likeness (QED) is 0.771. The molecule has 1 heterocycles. The maximum atomic E-state index is 14.1. The zero-order chi connectivity index (χ0) is 14.5. The molecular formula is C15H15ClF2N2. The van der Waals surface area contributed by atoms with Gasteiger partial charge in [-0.25, -0.2) is 8.78 Å². The first-order valence-electron chi connectivity index (χ1n) is 6.34. The summed E-state index contributed by atoms with van der Waals surface area (Å²) in [5, 5.41) is 0. The third-order valence-corrected chi connectivity index (χ3v) is 3.32. The van der Waals surface area contributed by atoms with Crippen LogP contribution in [0.2, 0.25) is 0 Å². The molecule has 0 saturated heterocycles. The molecule has 0 saturated carbocycles. The highest BCUT2D eigenvalue weighted by Gasteiger charge is 2.17. The van der Waals surface area contributed by atoms with Gasteiger partial charge in [-0.05, 0) is 36.8 Å². The van der Waals surface area contributed by atoms with Crippen LogP contribution in [0.3, 0.4) is 0 Å². The molecule has 2 aromatic rings. The van der Waals surface area contributed by atoms with E-state index in [0.717, 1.165) is 5.69 Å². The second-order valence-electron chi connectivity index (χ2n) is 4.38. The van der Waals surface area contributed by atoms with Crippen LogP contribution in [-0.2, 0) is 12.4 Å². The van der Waals surface area contributed by atoms with Crippen molar-refractivity contribution in [2.45, 2.75) is 19.3 Å². The molecule has 0 unspecified atom stereocenters. The molecule has 0 radical (unpaired) electrons. The number of benzene rings is 1. The number of anilines is 1.